The van der Waals surface area contributed by atoms with E-state index in [0.717, 1.165) is 30.3 Å². The molecule has 0 N–H and O–H groups in total. The predicted octanol–water partition coefficient (Wildman–Crippen LogP) is 6.97. The van der Waals surface area contributed by atoms with Crippen LogP contribution in [0.5, 0.6) is 5.75 Å². The SMILES string of the molecule is CC(=CC(=O)Oc1ccc([N+](=O)[O-])cc1)c1ccc(C(F)(F)P(=O)(OCOC(=O)C(C)(C)C)OCOC(=O)C(C)(C)C)cc1. The number of non-ortho nitro benzene ring substituents is 1. The third-order valence-electron chi connectivity index (χ3n) is 5.68. The first-order valence-electron chi connectivity index (χ1n) is 13.0. The lowest BCUT2D eigenvalue weighted by Gasteiger charge is -2.27. The Morgan fingerprint density at radius 1 is 0.841 bits per heavy atom. The average molecular weight is 642 g/mol. The molecule has 0 atom stereocenters. The summed E-state index contributed by atoms with van der Waals surface area (Å²) in [6.45, 7) is 8.32. The van der Waals surface area contributed by atoms with Gasteiger partial charge >= 0.3 is 31.2 Å². The number of halogens is 2. The molecule has 0 saturated carbocycles. The van der Waals surface area contributed by atoms with Crippen LogP contribution in [-0.4, -0.2) is 36.4 Å². The highest BCUT2D eigenvalue weighted by Gasteiger charge is 2.56. The Morgan fingerprint density at radius 2 is 1.30 bits per heavy atom. The highest BCUT2D eigenvalue weighted by atomic mass is 31.2. The van der Waals surface area contributed by atoms with Crippen molar-refractivity contribution in [3.63, 3.8) is 0 Å². The first kappa shape index (κ1) is 36.2. The van der Waals surface area contributed by atoms with Gasteiger partial charge in [0.1, 0.15) is 5.75 Å². The number of esters is 3. The minimum atomic E-state index is -5.49. The van der Waals surface area contributed by atoms with E-state index in [0.29, 0.717) is 11.1 Å². The van der Waals surface area contributed by atoms with Crippen LogP contribution in [0.4, 0.5) is 14.5 Å². The van der Waals surface area contributed by atoms with Crippen molar-refractivity contribution in [2.75, 3.05) is 13.6 Å². The molecule has 240 valence electrons. The van der Waals surface area contributed by atoms with Crippen molar-refractivity contribution in [3.8, 4) is 5.75 Å². The van der Waals surface area contributed by atoms with Crippen molar-refractivity contribution in [2.24, 2.45) is 10.8 Å². The summed E-state index contributed by atoms with van der Waals surface area (Å²) in [5.74, 6) is -2.40. The van der Waals surface area contributed by atoms with Gasteiger partial charge in [-0.2, -0.15) is 8.78 Å². The second kappa shape index (κ2) is 14.2. The molecular formula is C29H34F2NO11P. The third kappa shape index (κ3) is 9.76. The van der Waals surface area contributed by atoms with Crippen LogP contribution >= 0.6 is 7.60 Å². The van der Waals surface area contributed by atoms with E-state index >= 15 is 8.78 Å². The molecule has 0 unspecified atom stereocenters. The van der Waals surface area contributed by atoms with E-state index in [-0.39, 0.29) is 11.4 Å². The molecule has 0 spiro atoms. The molecule has 0 saturated heterocycles. The van der Waals surface area contributed by atoms with Gasteiger partial charge in [0.15, 0.2) is 0 Å². The molecule has 2 aromatic rings. The molecule has 2 rings (SSSR count). The normalized spacial score (nSPS) is 12.8. The van der Waals surface area contributed by atoms with Gasteiger partial charge in [-0.05, 0) is 71.7 Å². The van der Waals surface area contributed by atoms with Crippen molar-refractivity contribution in [3.05, 3.63) is 75.8 Å². The number of ether oxygens (including phenoxy) is 3. The lowest BCUT2D eigenvalue weighted by Crippen LogP contribution is -2.27. The molecule has 15 heteroatoms. The van der Waals surface area contributed by atoms with Gasteiger partial charge in [0.2, 0.25) is 13.6 Å². The predicted molar refractivity (Wildman–Crippen MR) is 153 cm³/mol. The van der Waals surface area contributed by atoms with E-state index in [4.69, 9.17) is 23.3 Å². The van der Waals surface area contributed by atoms with Crippen LogP contribution in [0.15, 0.2) is 54.6 Å². The molecule has 12 nitrogen and oxygen atoms in total. The average Bonchev–Trinajstić information content (AvgIpc) is 2.92. The second-order valence-electron chi connectivity index (χ2n) is 11.5. The van der Waals surface area contributed by atoms with Crippen LogP contribution in [0, 0.1) is 20.9 Å². The number of nitro benzene ring substituents is 1. The van der Waals surface area contributed by atoms with Gasteiger partial charge < -0.3 is 14.2 Å². The van der Waals surface area contributed by atoms with Gasteiger partial charge in [-0.3, -0.25) is 33.3 Å². The molecule has 0 amide bonds. The highest BCUT2D eigenvalue weighted by molar-refractivity contribution is 7.54. The van der Waals surface area contributed by atoms with Crippen LogP contribution in [-0.2, 0) is 43.1 Å². The Hall–Kier alpha value is -4.00. The fraction of sp³-hybridized carbons (Fsp3) is 0.414. The van der Waals surface area contributed by atoms with Crippen LogP contribution in [0.2, 0.25) is 0 Å². The van der Waals surface area contributed by atoms with Crippen LogP contribution in [0.25, 0.3) is 5.57 Å². The summed E-state index contributed by atoms with van der Waals surface area (Å²) in [4.78, 5) is 46.6. The maximum absolute atomic E-state index is 15.7. The number of hydrogen-bond acceptors (Lipinski definition) is 11. The van der Waals surface area contributed by atoms with Crippen LogP contribution in [0.1, 0.15) is 59.6 Å². The molecule has 0 aliphatic rings. The Balaban J connectivity index is 2.24. The molecule has 0 bridgehead atoms. The Labute approximate surface area is 253 Å². The fourth-order valence-corrected chi connectivity index (χ4v) is 4.31. The number of alkyl halides is 2. The summed E-state index contributed by atoms with van der Waals surface area (Å²) >= 11 is 0. The number of rotatable bonds is 12. The zero-order valence-corrected chi connectivity index (χ0v) is 26.1. The van der Waals surface area contributed by atoms with Crippen molar-refractivity contribution < 1.29 is 55.9 Å². The Bertz CT molecular complexity index is 1410. The van der Waals surface area contributed by atoms with Crippen molar-refractivity contribution >= 4 is 36.8 Å². The van der Waals surface area contributed by atoms with E-state index in [2.05, 4.69) is 0 Å². The number of nitro groups is 1. The van der Waals surface area contributed by atoms with Crippen LogP contribution < -0.4 is 4.74 Å². The zero-order chi connectivity index (χ0) is 33.5. The summed E-state index contributed by atoms with van der Waals surface area (Å²) in [6.07, 6.45) is 1.08. The summed E-state index contributed by atoms with van der Waals surface area (Å²) in [5.41, 5.74) is -6.69. The first-order valence-corrected chi connectivity index (χ1v) is 14.6. The fourth-order valence-electron chi connectivity index (χ4n) is 3.06. The summed E-state index contributed by atoms with van der Waals surface area (Å²) < 4.78 is 69.2. The second-order valence-corrected chi connectivity index (χ2v) is 13.5. The standard InChI is InChI=1S/C29H34F2NO11P/c1-19(16-24(33)43-23-14-12-22(13-15-23)32(36)37)20-8-10-21(11-9-20)29(30,31)44(38,41-17-39-25(34)27(2,3)4)42-18-40-26(35)28(5,6)7/h8-16H,17-18H2,1-7H3. The minimum Gasteiger partial charge on any atom is -0.438 e. The molecular weight excluding hydrogens is 607 g/mol. The van der Waals surface area contributed by atoms with Gasteiger partial charge in [-0.25, -0.2) is 4.79 Å². The van der Waals surface area contributed by atoms with E-state index < -0.39 is 66.1 Å². The molecule has 0 fully saturated rings. The number of benzene rings is 2. The van der Waals surface area contributed by atoms with Gasteiger partial charge in [-0.1, -0.05) is 24.3 Å². The topological polar surface area (TPSA) is 158 Å². The quantitative estimate of drug-likeness (QED) is 0.0448. The summed E-state index contributed by atoms with van der Waals surface area (Å²) in [7, 11) is -5.49. The first-order chi connectivity index (χ1) is 20.2. The number of hydrogen-bond donors (Lipinski definition) is 0. The lowest BCUT2D eigenvalue weighted by atomic mass is 9.98. The van der Waals surface area contributed by atoms with Gasteiger partial charge in [0.25, 0.3) is 5.69 Å². The van der Waals surface area contributed by atoms with Crippen molar-refractivity contribution in [2.45, 2.75) is 54.1 Å². The Kier molecular flexibility index (Phi) is 11.7. The number of allylic oxidation sites excluding steroid dienone is 1. The van der Waals surface area contributed by atoms with E-state index in [1.165, 1.54) is 72.7 Å². The number of carbonyl (C=O) groups excluding carboxylic acids is 3. The highest BCUT2D eigenvalue weighted by Crippen LogP contribution is 2.67. The lowest BCUT2D eigenvalue weighted by molar-refractivity contribution is -0.384. The number of nitrogens with zero attached hydrogens (tertiary/aromatic N) is 1. The molecule has 0 heterocycles. The molecule has 0 aliphatic heterocycles. The summed E-state index contributed by atoms with van der Waals surface area (Å²) in [6, 6.07) is 9.10. The van der Waals surface area contributed by atoms with Crippen molar-refractivity contribution in [1.82, 2.24) is 0 Å². The molecule has 0 aromatic heterocycles. The maximum Gasteiger partial charge on any atom is 0.410 e. The number of carbonyl (C=O) groups is 3. The van der Waals surface area contributed by atoms with Gasteiger partial charge in [-0.15, -0.1) is 0 Å². The zero-order valence-electron chi connectivity index (χ0n) is 25.3. The maximum atomic E-state index is 15.7. The van der Waals surface area contributed by atoms with E-state index in [9.17, 15) is 29.1 Å². The van der Waals surface area contributed by atoms with E-state index in [1.54, 1.807) is 0 Å². The van der Waals surface area contributed by atoms with Crippen LogP contribution in [0.3, 0.4) is 0 Å². The largest absolute Gasteiger partial charge is 0.438 e. The molecule has 44 heavy (non-hydrogen) atoms. The molecule has 0 aliphatic carbocycles. The molecule has 2 aromatic carbocycles. The van der Waals surface area contributed by atoms with Gasteiger partial charge in [0, 0.05) is 23.8 Å². The smallest absolute Gasteiger partial charge is 0.410 e. The van der Waals surface area contributed by atoms with Gasteiger partial charge in [0.05, 0.1) is 15.8 Å². The molecule has 0 radical (unpaired) electrons. The Morgan fingerprint density at radius 3 is 1.70 bits per heavy atom. The summed E-state index contributed by atoms with van der Waals surface area (Å²) in [5, 5.41) is 10.8. The van der Waals surface area contributed by atoms with Crippen molar-refractivity contribution in [1.29, 1.82) is 0 Å². The third-order valence-corrected chi connectivity index (χ3v) is 7.52. The monoisotopic (exact) mass is 641 g/mol. The van der Waals surface area contributed by atoms with E-state index in [1.807, 2.05) is 0 Å². The minimum absolute atomic E-state index is 0.0525.